The second-order valence-electron chi connectivity index (χ2n) is 10.5. The lowest BCUT2D eigenvalue weighted by molar-refractivity contribution is -0.116. The summed E-state index contributed by atoms with van der Waals surface area (Å²) >= 11 is 3.40. The third kappa shape index (κ3) is 7.68. The third-order valence-electron chi connectivity index (χ3n) is 5.69. The number of nitrogens with zero attached hydrogens (tertiary/aromatic N) is 3. The van der Waals surface area contributed by atoms with Crippen molar-refractivity contribution in [1.82, 2.24) is 14.7 Å². The molecule has 0 radical (unpaired) electrons. The minimum Gasteiger partial charge on any atom is -0.315 e. The standard InChI is InChI=1S/C28H36BrN5O2/c1-19(2)14-15-33(27(36)30-22-12-10-21(29)11-13-22)18-26(35)31-25-17-24(28(4,5)6)32-34(25)23-9-7-8-20(3)16-23/h7-13,16-17,19H,14-15,18H2,1-6H3,(H,30,36)(H,31,35). The first-order valence-corrected chi connectivity index (χ1v) is 13.0. The Balaban J connectivity index is 1.81. The van der Waals surface area contributed by atoms with E-state index in [0.29, 0.717) is 24.0 Å². The summed E-state index contributed by atoms with van der Waals surface area (Å²) in [7, 11) is 0. The van der Waals surface area contributed by atoms with Crippen molar-refractivity contribution in [2.24, 2.45) is 5.92 Å². The van der Waals surface area contributed by atoms with E-state index in [1.807, 2.05) is 61.5 Å². The third-order valence-corrected chi connectivity index (χ3v) is 6.21. The summed E-state index contributed by atoms with van der Waals surface area (Å²) in [6, 6.07) is 16.9. The zero-order valence-corrected chi connectivity index (χ0v) is 23.5. The molecule has 0 saturated carbocycles. The van der Waals surface area contributed by atoms with Crippen LogP contribution in [0.1, 0.15) is 52.3 Å². The van der Waals surface area contributed by atoms with Gasteiger partial charge in [-0.2, -0.15) is 5.10 Å². The van der Waals surface area contributed by atoms with Gasteiger partial charge in [-0.25, -0.2) is 9.48 Å². The van der Waals surface area contributed by atoms with Crippen molar-refractivity contribution < 1.29 is 9.59 Å². The zero-order valence-electron chi connectivity index (χ0n) is 21.9. The Morgan fingerprint density at radius 3 is 2.36 bits per heavy atom. The van der Waals surface area contributed by atoms with Crippen LogP contribution in [0.2, 0.25) is 0 Å². The number of aromatic nitrogens is 2. The smallest absolute Gasteiger partial charge is 0.315 e. The summed E-state index contributed by atoms with van der Waals surface area (Å²) in [5.41, 5.74) is 3.31. The second kappa shape index (κ2) is 11.7. The van der Waals surface area contributed by atoms with Crippen molar-refractivity contribution in [2.45, 2.75) is 53.4 Å². The summed E-state index contributed by atoms with van der Waals surface area (Å²) in [4.78, 5) is 27.8. The molecule has 2 N–H and O–H groups in total. The largest absolute Gasteiger partial charge is 0.322 e. The number of benzene rings is 2. The lowest BCUT2D eigenvalue weighted by Gasteiger charge is -2.23. The van der Waals surface area contributed by atoms with E-state index in [2.05, 4.69) is 61.2 Å². The molecule has 7 nitrogen and oxygen atoms in total. The molecule has 0 fully saturated rings. The molecule has 0 aliphatic heterocycles. The number of nitrogens with one attached hydrogen (secondary N) is 2. The number of halogens is 1. The van der Waals surface area contributed by atoms with E-state index in [-0.39, 0.29) is 23.9 Å². The number of carbonyl (C=O) groups excluding carboxylic acids is 2. The molecular formula is C28H36BrN5O2. The highest BCUT2D eigenvalue weighted by molar-refractivity contribution is 9.10. The Morgan fingerprint density at radius 2 is 1.75 bits per heavy atom. The highest BCUT2D eigenvalue weighted by Gasteiger charge is 2.23. The highest BCUT2D eigenvalue weighted by Crippen LogP contribution is 2.26. The lowest BCUT2D eigenvalue weighted by Crippen LogP contribution is -2.41. The molecule has 3 amide bonds. The fourth-order valence-electron chi connectivity index (χ4n) is 3.55. The molecule has 36 heavy (non-hydrogen) atoms. The zero-order chi connectivity index (χ0) is 26.5. The summed E-state index contributed by atoms with van der Waals surface area (Å²) in [6.45, 7) is 12.9. The fraction of sp³-hybridized carbons (Fsp3) is 0.393. The van der Waals surface area contributed by atoms with Crippen LogP contribution in [0.3, 0.4) is 0 Å². The monoisotopic (exact) mass is 553 g/mol. The quantitative estimate of drug-likeness (QED) is 0.323. The van der Waals surface area contributed by atoms with Gasteiger partial charge in [-0.1, -0.05) is 62.7 Å². The Kier molecular flexibility index (Phi) is 8.95. The average molecular weight is 555 g/mol. The number of amides is 3. The summed E-state index contributed by atoms with van der Waals surface area (Å²) < 4.78 is 2.68. The maximum atomic E-state index is 13.2. The van der Waals surface area contributed by atoms with Gasteiger partial charge >= 0.3 is 6.03 Å². The van der Waals surface area contributed by atoms with E-state index < -0.39 is 0 Å². The number of hydrogen-bond donors (Lipinski definition) is 2. The number of carbonyl (C=O) groups is 2. The van der Waals surface area contributed by atoms with Crippen LogP contribution >= 0.6 is 15.9 Å². The fourth-order valence-corrected chi connectivity index (χ4v) is 3.82. The van der Waals surface area contributed by atoms with Crippen molar-refractivity contribution >= 4 is 39.4 Å². The SMILES string of the molecule is Cc1cccc(-n2nc(C(C)(C)C)cc2NC(=O)CN(CCC(C)C)C(=O)Nc2ccc(Br)cc2)c1. The molecule has 0 atom stereocenters. The van der Waals surface area contributed by atoms with Gasteiger partial charge in [0, 0.05) is 28.2 Å². The van der Waals surface area contributed by atoms with E-state index in [9.17, 15) is 9.59 Å². The Hall–Kier alpha value is -3.13. The van der Waals surface area contributed by atoms with Crippen LogP contribution in [0, 0.1) is 12.8 Å². The van der Waals surface area contributed by atoms with E-state index in [0.717, 1.165) is 27.8 Å². The van der Waals surface area contributed by atoms with Crippen molar-refractivity contribution in [3.05, 3.63) is 70.3 Å². The molecule has 0 unspecified atom stereocenters. The Bertz CT molecular complexity index is 1200. The van der Waals surface area contributed by atoms with Crippen LogP contribution in [-0.2, 0) is 10.2 Å². The Labute approximate surface area is 222 Å². The average Bonchev–Trinajstić information content (AvgIpc) is 3.22. The van der Waals surface area contributed by atoms with Crippen molar-refractivity contribution in [2.75, 3.05) is 23.7 Å². The van der Waals surface area contributed by atoms with Crippen molar-refractivity contribution in [3.8, 4) is 5.69 Å². The van der Waals surface area contributed by atoms with Gasteiger partial charge in [0.1, 0.15) is 12.4 Å². The van der Waals surface area contributed by atoms with Crippen LogP contribution < -0.4 is 10.6 Å². The van der Waals surface area contributed by atoms with Crippen LogP contribution in [-0.4, -0.2) is 39.7 Å². The molecule has 1 aromatic heterocycles. The van der Waals surface area contributed by atoms with Gasteiger partial charge in [-0.3, -0.25) is 4.79 Å². The molecule has 8 heteroatoms. The normalized spacial score (nSPS) is 11.4. The molecule has 192 valence electrons. The first kappa shape index (κ1) is 27.5. The number of rotatable bonds is 8. The maximum Gasteiger partial charge on any atom is 0.322 e. The van der Waals surface area contributed by atoms with Crippen molar-refractivity contribution in [1.29, 1.82) is 0 Å². The molecule has 0 aliphatic carbocycles. The van der Waals surface area contributed by atoms with Crippen LogP contribution in [0.25, 0.3) is 5.69 Å². The lowest BCUT2D eigenvalue weighted by atomic mass is 9.92. The van der Waals surface area contributed by atoms with Gasteiger partial charge in [0.15, 0.2) is 0 Å². The molecular weight excluding hydrogens is 518 g/mol. The van der Waals surface area contributed by atoms with Gasteiger partial charge in [-0.15, -0.1) is 0 Å². The topological polar surface area (TPSA) is 79.3 Å². The highest BCUT2D eigenvalue weighted by atomic mass is 79.9. The summed E-state index contributed by atoms with van der Waals surface area (Å²) in [5.74, 6) is 0.694. The van der Waals surface area contributed by atoms with Crippen LogP contribution in [0.4, 0.5) is 16.3 Å². The number of urea groups is 1. The van der Waals surface area contributed by atoms with E-state index in [1.165, 1.54) is 0 Å². The van der Waals surface area contributed by atoms with Crippen molar-refractivity contribution in [3.63, 3.8) is 0 Å². The second-order valence-corrected chi connectivity index (χ2v) is 11.4. The predicted octanol–water partition coefficient (Wildman–Crippen LogP) is 6.76. The van der Waals surface area contributed by atoms with Gasteiger partial charge < -0.3 is 15.5 Å². The molecule has 3 rings (SSSR count). The molecule has 2 aromatic carbocycles. The maximum absolute atomic E-state index is 13.2. The molecule has 0 spiro atoms. The van der Waals surface area contributed by atoms with Crippen LogP contribution in [0.15, 0.2) is 59.1 Å². The van der Waals surface area contributed by atoms with Gasteiger partial charge in [0.2, 0.25) is 5.91 Å². The summed E-state index contributed by atoms with van der Waals surface area (Å²) in [5, 5.41) is 10.7. The number of hydrogen-bond acceptors (Lipinski definition) is 3. The summed E-state index contributed by atoms with van der Waals surface area (Å²) in [6.07, 6.45) is 0.788. The van der Waals surface area contributed by atoms with E-state index >= 15 is 0 Å². The molecule has 0 saturated heterocycles. The first-order valence-electron chi connectivity index (χ1n) is 12.2. The number of aryl methyl sites for hydroxylation is 1. The van der Waals surface area contributed by atoms with Gasteiger partial charge in [0.25, 0.3) is 0 Å². The Morgan fingerprint density at radius 1 is 1.06 bits per heavy atom. The predicted molar refractivity (Wildman–Crippen MR) is 150 cm³/mol. The van der Waals surface area contributed by atoms with Gasteiger partial charge in [-0.05, 0) is 61.2 Å². The van der Waals surface area contributed by atoms with Crippen LogP contribution in [0.5, 0.6) is 0 Å². The first-order chi connectivity index (χ1) is 16.9. The molecule has 3 aromatic rings. The molecule has 1 heterocycles. The van der Waals surface area contributed by atoms with E-state index in [4.69, 9.17) is 5.10 Å². The molecule has 0 aliphatic rings. The van der Waals surface area contributed by atoms with Gasteiger partial charge in [0.05, 0.1) is 11.4 Å². The number of anilines is 2. The minimum atomic E-state index is -0.310. The van der Waals surface area contributed by atoms with E-state index in [1.54, 1.807) is 9.58 Å². The molecule has 0 bridgehead atoms. The minimum absolute atomic E-state index is 0.0705.